The molecule has 1 heterocycles. The molecule has 5 nitrogen and oxygen atoms in total. The second-order valence-electron chi connectivity index (χ2n) is 2.84. The Kier molecular flexibility index (Phi) is 3.87. The number of hydrogen-bond acceptors (Lipinski definition) is 5. The molecular formula is C7H13N3O2S2. The van der Waals surface area contributed by atoms with Crippen LogP contribution in [0.25, 0.3) is 0 Å². The second-order valence-corrected chi connectivity index (χ2v) is 5.58. The van der Waals surface area contributed by atoms with Crippen LogP contribution in [0.5, 0.6) is 0 Å². The molecule has 5 N–H and O–H groups in total. The van der Waals surface area contributed by atoms with Gasteiger partial charge in [0.05, 0.1) is 5.75 Å². The molecule has 1 aromatic heterocycles. The Labute approximate surface area is 87.2 Å². The van der Waals surface area contributed by atoms with Crippen LogP contribution in [0.1, 0.15) is 4.88 Å². The van der Waals surface area contributed by atoms with Crippen molar-refractivity contribution in [1.29, 1.82) is 0 Å². The minimum Gasteiger partial charge on any atom is -0.398 e. The van der Waals surface area contributed by atoms with Crippen LogP contribution < -0.4 is 16.2 Å². The molecule has 0 aliphatic rings. The molecule has 0 amide bonds. The molecule has 0 saturated heterocycles. The molecule has 7 heteroatoms. The van der Waals surface area contributed by atoms with Gasteiger partial charge in [-0.05, 0) is 11.4 Å². The Morgan fingerprint density at radius 2 is 2.21 bits per heavy atom. The predicted molar refractivity (Wildman–Crippen MR) is 58.4 cm³/mol. The minimum absolute atomic E-state index is 0.0573. The van der Waals surface area contributed by atoms with E-state index in [0.717, 1.165) is 10.6 Å². The van der Waals surface area contributed by atoms with Gasteiger partial charge in [0.1, 0.15) is 0 Å². The van der Waals surface area contributed by atoms with E-state index in [2.05, 4.69) is 5.32 Å². The van der Waals surface area contributed by atoms with Gasteiger partial charge in [-0.1, -0.05) is 0 Å². The highest BCUT2D eigenvalue weighted by Gasteiger charge is 2.03. The van der Waals surface area contributed by atoms with Crippen molar-refractivity contribution in [2.45, 2.75) is 6.54 Å². The number of nitrogens with two attached hydrogens (primary N) is 2. The van der Waals surface area contributed by atoms with E-state index in [1.165, 1.54) is 11.3 Å². The SMILES string of the molecule is Nc1ccsc1CNCCS(N)(=O)=O. The number of anilines is 1. The van der Waals surface area contributed by atoms with E-state index in [1.807, 2.05) is 11.4 Å². The summed E-state index contributed by atoms with van der Waals surface area (Å²) in [5, 5.41) is 9.69. The number of nitrogens with one attached hydrogen (secondary N) is 1. The topological polar surface area (TPSA) is 98.2 Å². The quantitative estimate of drug-likeness (QED) is 0.611. The fourth-order valence-corrected chi connectivity index (χ4v) is 2.11. The first-order valence-corrected chi connectivity index (χ1v) is 6.61. The summed E-state index contributed by atoms with van der Waals surface area (Å²) < 4.78 is 21.2. The average Bonchev–Trinajstić information content (AvgIpc) is 2.44. The monoisotopic (exact) mass is 235 g/mol. The van der Waals surface area contributed by atoms with E-state index in [0.29, 0.717) is 13.1 Å². The number of sulfonamides is 1. The molecule has 0 fully saturated rings. The van der Waals surface area contributed by atoms with Crippen molar-refractivity contribution >= 4 is 27.0 Å². The summed E-state index contributed by atoms with van der Waals surface area (Å²) in [6, 6.07) is 1.82. The lowest BCUT2D eigenvalue weighted by molar-refractivity contribution is 0.592. The van der Waals surface area contributed by atoms with Gasteiger partial charge in [0.25, 0.3) is 0 Å². The first-order chi connectivity index (χ1) is 6.49. The Bertz CT molecular complexity index is 385. The fraction of sp³-hybridized carbons (Fsp3) is 0.429. The first kappa shape index (κ1) is 11.4. The zero-order valence-electron chi connectivity index (χ0n) is 7.56. The highest BCUT2D eigenvalue weighted by Crippen LogP contribution is 2.17. The Morgan fingerprint density at radius 1 is 1.50 bits per heavy atom. The molecule has 0 aromatic carbocycles. The first-order valence-electron chi connectivity index (χ1n) is 4.02. The number of primary sulfonamides is 1. The fourth-order valence-electron chi connectivity index (χ4n) is 0.911. The summed E-state index contributed by atoms with van der Waals surface area (Å²) in [6.07, 6.45) is 0. The van der Waals surface area contributed by atoms with Crippen molar-refractivity contribution in [2.24, 2.45) is 5.14 Å². The van der Waals surface area contributed by atoms with E-state index >= 15 is 0 Å². The standard InChI is InChI=1S/C7H13N3O2S2/c8-6-1-3-13-7(6)5-10-2-4-14(9,11)12/h1,3,10H,2,4-5,8H2,(H2,9,11,12). The molecule has 0 radical (unpaired) electrons. The van der Waals surface area contributed by atoms with Crippen molar-refractivity contribution in [2.75, 3.05) is 18.0 Å². The van der Waals surface area contributed by atoms with E-state index in [9.17, 15) is 8.42 Å². The van der Waals surface area contributed by atoms with Gasteiger partial charge in [-0.3, -0.25) is 0 Å². The molecule has 14 heavy (non-hydrogen) atoms. The Hall–Kier alpha value is -0.630. The van der Waals surface area contributed by atoms with Crippen molar-refractivity contribution < 1.29 is 8.42 Å². The van der Waals surface area contributed by atoms with Crippen LogP contribution in [0.2, 0.25) is 0 Å². The molecule has 1 rings (SSSR count). The molecule has 80 valence electrons. The largest absolute Gasteiger partial charge is 0.398 e. The lowest BCUT2D eigenvalue weighted by Gasteiger charge is -2.02. The third-order valence-electron chi connectivity index (χ3n) is 1.63. The summed E-state index contributed by atoms with van der Waals surface area (Å²) >= 11 is 1.54. The molecule has 1 aromatic rings. The number of rotatable bonds is 5. The van der Waals surface area contributed by atoms with Crippen LogP contribution in [0.15, 0.2) is 11.4 Å². The van der Waals surface area contributed by atoms with Crippen LogP contribution >= 0.6 is 11.3 Å². The zero-order chi connectivity index (χ0) is 10.6. The maximum Gasteiger partial charge on any atom is 0.210 e. The van der Waals surface area contributed by atoms with Gasteiger partial charge >= 0.3 is 0 Å². The highest BCUT2D eigenvalue weighted by molar-refractivity contribution is 7.89. The second kappa shape index (κ2) is 4.74. The van der Waals surface area contributed by atoms with Gasteiger partial charge in [-0.25, -0.2) is 13.6 Å². The highest BCUT2D eigenvalue weighted by atomic mass is 32.2. The smallest absolute Gasteiger partial charge is 0.210 e. The van der Waals surface area contributed by atoms with Gasteiger partial charge in [0.15, 0.2) is 0 Å². The van der Waals surface area contributed by atoms with Crippen LogP contribution in [0.3, 0.4) is 0 Å². The van der Waals surface area contributed by atoms with Crippen LogP contribution in [-0.4, -0.2) is 20.7 Å². The van der Waals surface area contributed by atoms with Gasteiger partial charge < -0.3 is 11.1 Å². The normalized spacial score (nSPS) is 11.8. The summed E-state index contributed by atoms with van der Waals surface area (Å²) in [5.41, 5.74) is 6.37. The molecule has 0 bridgehead atoms. The maximum absolute atomic E-state index is 10.6. The summed E-state index contributed by atoms with van der Waals surface area (Å²) in [5.74, 6) is -0.0573. The number of thiophene rings is 1. The van der Waals surface area contributed by atoms with Crippen molar-refractivity contribution in [3.8, 4) is 0 Å². The van der Waals surface area contributed by atoms with E-state index in [-0.39, 0.29) is 5.75 Å². The molecule has 0 saturated carbocycles. The van der Waals surface area contributed by atoms with E-state index in [4.69, 9.17) is 10.9 Å². The van der Waals surface area contributed by atoms with Gasteiger partial charge in [-0.2, -0.15) is 0 Å². The number of hydrogen-bond donors (Lipinski definition) is 3. The molecule has 0 atom stereocenters. The lowest BCUT2D eigenvalue weighted by atomic mass is 10.4. The van der Waals surface area contributed by atoms with Crippen molar-refractivity contribution in [1.82, 2.24) is 5.32 Å². The minimum atomic E-state index is -3.37. The molecule has 0 aliphatic carbocycles. The summed E-state index contributed by atoms with van der Waals surface area (Å²) in [4.78, 5) is 1.01. The van der Waals surface area contributed by atoms with E-state index < -0.39 is 10.0 Å². The third-order valence-corrected chi connectivity index (χ3v) is 3.34. The molecule has 0 aliphatic heterocycles. The Balaban J connectivity index is 2.26. The van der Waals surface area contributed by atoms with Crippen LogP contribution in [0, 0.1) is 0 Å². The average molecular weight is 235 g/mol. The summed E-state index contributed by atoms with van der Waals surface area (Å²) in [6.45, 7) is 0.926. The van der Waals surface area contributed by atoms with Crippen molar-refractivity contribution in [3.05, 3.63) is 16.3 Å². The van der Waals surface area contributed by atoms with E-state index in [1.54, 1.807) is 0 Å². The van der Waals surface area contributed by atoms with Gasteiger partial charge in [0.2, 0.25) is 10.0 Å². The number of nitrogen functional groups attached to an aromatic ring is 1. The molecule has 0 spiro atoms. The lowest BCUT2D eigenvalue weighted by Crippen LogP contribution is -2.26. The van der Waals surface area contributed by atoms with Crippen molar-refractivity contribution in [3.63, 3.8) is 0 Å². The molecular weight excluding hydrogens is 222 g/mol. The molecule has 0 unspecified atom stereocenters. The van der Waals surface area contributed by atoms with Crippen LogP contribution in [-0.2, 0) is 16.6 Å². The van der Waals surface area contributed by atoms with Crippen LogP contribution in [0.4, 0.5) is 5.69 Å². The third kappa shape index (κ3) is 4.05. The zero-order valence-corrected chi connectivity index (χ0v) is 9.20. The maximum atomic E-state index is 10.6. The van der Waals surface area contributed by atoms with Gasteiger partial charge in [0, 0.05) is 23.7 Å². The Morgan fingerprint density at radius 3 is 2.71 bits per heavy atom. The predicted octanol–water partition coefficient (Wildman–Crippen LogP) is -0.292. The summed E-state index contributed by atoms with van der Waals surface area (Å²) in [7, 11) is -3.37. The van der Waals surface area contributed by atoms with Gasteiger partial charge in [-0.15, -0.1) is 11.3 Å².